The van der Waals surface area contributed by atoms with Crippen molar-refractivity contribution in [2.24, 2.45) is 10.8 Å². The predicted octanol–water partition coefficient (Wildman–Crippen LogP) is -0.0135. The maximum Gasteiger partial charge on any atom is 0.303 e. The van der Waals surface area contributed by atoms with E-state index in [0.717, 1.165) is 0 Å². The van der Waals surface area contributed by atoms with Crippen molar-refractivity contribution in [3.05, 3.63) is 11.6 Å². The quantitative estimate of drug-likeness (QED) is 0.265. The van der Waals surface area contributed by atoms with E-state index in [0.29, 0.717) is 5.57 Å². The van der Waals surface area contributed by atoms with Crippen LogP contribution in [0.3, 0.4) is 0 Å². The Morgan fingerprint density at radius 3 is 2.29 bits per heavy atom. The number of carbonyl (C=O) groups excluding carboxylic acids is 3. The average molecular weight is 440 g/mol. The van der Waals surface area contributed by atoms with Gasteiger partial charge in [0.15, 0.2) is 5.60 Å². The van der Waals surface area contributed by atoms with Gasteiger partial charge in [-0.2, -0.15) is 0 Å². The van der Waals surface area contributed by atoms with Gasteiger partial charge in [0.1, 0.15) is 24.9 Å². The molecule has 4 rings (SSSR count). The summed E-state index contributed by atoms with van der Waals surface area (Å²) in [5.74, 6) is -3.83. The van der Waals surface area contributed by atoms with E-state index < -0.39 is 64.5 Å². The number of hydrogen-bond donors (Lipinski definition) is 2. The van der Waals surface area contributed by atoms with Gasteiger partial charge < -0.3 is 33.9 Å². The van der Waals surface area contributed by atoms with Crippen LogP contribution in [0.25, 0.3) is 0 Å². The number of rotatable bonds is 4. The van der Waals surface area contributed by atoms with Crippen LogP contribution in [0.1, 0.15) is 41.0 Å². The minimum absolute atomic E-state index is 0.0459. The average Bonchev–Trinajstić information content (AvgIpc) is 3.45. The second-order valence-electron chi connectivity index (χ2n) is 9.18. The molecule has 2 aliphatic heterocycles. The van der Waals surface area contributed by atoms with Crippen molar-refractivity contribution >= 4 is 17.9 Å². The Hall–Kier alpha value is -2.01. The van der Waals surface area contributed by atoms with Gasteiger partial charge in [-0.05, 0) is 12.5 Å². The summed E-state index contributed by atoms with van der Waals surface area (Å²) in [7, 11) is 0. The van der Waals surface area contributed by atoms with Gasteiger partial charge >= 0.3 is 17.9 Å². The number of aliphatic hydroxyl groups excluding tert-OH is 1. The van der Waals surface area contributed by atoms with Crippen molar-refractivity contribution in [2.75, 3.05) is 13.2 Å². The molecule has 2 aliphatic carbocycles. The standard InChI is InChI=1S/C21H28O10/c1-10-6-15-19(8-27-11(2)22,7-14(10)29-12(3)23)18(5)17(30-13(4)24)16(25)21(26,31-15)20(18)9-28-20/h6,14-17,25-26H,7-9H2,1-5H3/t14-,15+,16+,17+,18+,19+,20?,21-/m0/s1. The Bertz CT molecular complexity index is 862. The minimum Gasteiger partial charge on any atom is -0.465 e. The SMILES string of the molecule is CC(=O)OC[C@]12C[C@H](OC(C)=O)C(C)=C[C@H]1O[C@@]1(O)[C@H](O)[C@@H](OC(C)=O)[C@@]2(C)C12CO2. The zero-order valence-electron chi connectivity index (χ0n) is 18.2. The lowest BCUT2D eigenvalue weighted by Crippen LogP contribution is -2.71. The molecule has 0 aromatic carbocycles. The van der Waals surface area contributed by atoms with Crippen LogP contribution in [0.15, 0.2) is 11.6 Å². The number of carbonyl (C=O) groups is 3. The second-order valence-corrected chi connectivity index (χ2v) is 9.18. The maximum atomic E-state index is 11.9. The van der Waals surface area contributed by atoms with E-state index >= 15 is 0 Å². The van der Waals surface area contributed by atoms with Crippen LogP contribution in [-0.4, -0.2) is 77.1 Å². The minimum atomic E-state index is -2.14. The molecule has 3 fully saturated rings. The summed E-state index contributed by atoms with van der Waals surface area (Å²) in [6, 6.07) is 0. The van der Waals surface area contributed by atoms with E-state index in [4.69, 9.17) is 23.7 Å². The number of ether oxygens (including phenoxy) is 5. The first-order valence-corrected chi connectivity index (χ1v) is 10.2. The van der Waals surface area contributed by atoms with E-state index in [1.165, 1.54) is 20.8 Å². The Morgan fingerprint density at radius 1 is 1.16 bits per heavy atom. The summed E-state index contributed by atoms with van der Waals surface area (Å²) in [5.41, 5.74) is -3.08. The normalized spacial score (nSPS) is 47.3. The molecular formula is C21H28O10. The number of aliphatic hydroxyl groups is 2. The molecule has 31 heavy (non-hydrogen) atoms. The highest BCUT2D eigenvalue weighted by molar-refractivity contribution is 5.67. The number of hydrogen-bond acceptors (Lipinski definition) is 10. The van der Waals surface area contributed by atoms with Gasteiger partial charge in [0, 0.05) is 27.2 Å². The van der Waals surface area contributed by atoms with E-state index in [9.17, 15) is 24.6 Å². The van der Waals surface area contributed by atoms with Gasteiger partial charge in [0.25, 0.3) is 0 Å². The second kappa shape index (κ2) is 6.74. The molecule has 1 unspecified atom stereocenters. The van der Waals surface area contributed by atoms with Crippen molar-refractivity contribution in [3.8, 4) is 0 Å². The van der Waals surface area contributed by atoms with Crippen LogP contribution in [0.5, 0.6) is 0 Å². The molecule has 10 heteroatoms. The fraction of sp³-hybridized carbons (Fsp3) is 0.762. The Kier molecular flexibility index (Phi) is 4.83. The first kappa shape index (κ1) is 22.2. The first-order valence-electron chi connectivity index (χ1n) is 10.2. The lowest BCUT2D eigenvalue weighted by molar-refractivity contribution is -0.347. The molecule has 0 amide bonds. The summed E-state index contributed by atoms with van der Waals surface area (Å²) >= 11 is 0. The van der Waals surface area contributed by atoms with Crippen molar-refractivity contribution < 1.29 is 48.3 Å². The van der Waals surface area contributed by atoms with Crippen LogP contribution in [-0.2, 0) is 38.1 Å². The van der Waals surface area contributed by atoms with Crippen molar-refractivity contribution in [3.63, 3.8) is 0 Å². The van der Waals surface area contributed by atoms with E-state index in [-0.39, 0.29) is 19.6 Å². The van der Waals surface area contributed by atoms with Gasteiger partial charge in [-0.25, -0.2) is 0 Å². The van der Waals surface area contributed by atoms with E-state index in [1.807, 2.05) is 0 Å². The van der Waals surface area contributed by atoms with Gasteiger partial charge in [-0.15, -0.1) is 0 Å². The van der Waals surface area contributed by atoms with Crippen LogP contribution >= 0.6 is 0 Å². The molecule has 2 bridgehead atoms. The van der Waals surface area contributed by atoms with E-state index in [2.05, 4.69) is 0 Å². The fourth-order valence-corrected chi connectivity index (χ4v) is 5.97. The van der Waals surface area contributed by atoms with Gasteiger partial charge in [0.05, 0.1) is 23.5 Å². The van der Waals surface area contributed by atoms with Crippen LogP contribution in [0.4, 0.5) is 0 Å². The van der Waals surface area contributed by atoms with Gasteiger partial charge in [-0.3, -0.25) is 14.4 Å². The smallest absolute Gasteiger partial charge is 0.303 e. The molecular weight excluding hydrogens is 412 g/mol. The van der Waals surface area contributed by atoms with Crippen molar-refractivity contribution in [1.29, 1.82) is 0 Å². The molecule has 8 atom stereocenters. The Morgan fingerprint density at radius 2 is 1.77 bits per heavy atom. The number of esters is 3. The summed E-state index contributed by atoms with van der Waals surface area (Å²) in [6.07, 6.45) is -2.48. The summed E-state index contributed by atoms with van der Waals surface area (Å²) < 4.78 is 28.3. The lowest BCUT2D eigenvalue weighted by Gasteiger charge is -2.59. The van der Waals surface area contributed by atoms with Crippen LogP contribution in [0.2, 0.25) is 0 Å². The topological polar surface area (TPSA) is 141 Å². The molecule has 4 aliphatic rings. The number of fused-ring (bicyclic) bond motifs is 2. The third kappa shape index (κ3) is 2.68. The Balaban J connectivity index is 1.91. The summed E-state index contributed by atoms with van der Waals surface area (Å²) in [4.78, 5) is 35.5. The third-order valence-electron chi connectivity index (χ3n) is 7.60. The molecule has 0 aromatic heterocycles. The highest BCUT2D eigenvalue weighted by Crippen LogP contribution is 2.74. The van der Waals surface area contributed by atoms with Gasteiger partial charge in [0.2, 0.25) is 5.79 Å². The largest absolute Gasteiger partial charge is 0.465 e. The first-order chi connectivity index (χ1) is 14.3. The zero-order chi connectivity index (χ0) is 23.0. The molecule has 1 saturated carbocycles. The predicted molar refractivity (Wildman–Crippen MR) is 101 cm³/mol. The van der Waals surface area contributed by atoms with Crippen molar-refractivity contribution in [1.82, 2.24) is 0 Å². The van der Waals surface area contributed by atoms with Crippen molar-refractivity contribution in [2.45, 2.75) is 76.8 Å². The highest BCUT2D eigenvalue weighted by Gasteiger charge is 2.92. The number of epoxide rings is 1. The van der Waals surface area contributed by atoms with Crippen LogP contribution < -0.4 is 0 Å². The van der Waals surface area contributed by atoms with E-state index in [1.54, 1.807) is 19.9 Å². The molecule has 10 nitrogen and oxygen atoms in total. The molecule has 2 N–H and O–H groups in total. The van der Waals surface area contributed by atoms with Gasteiger partial charge in [-0.1, -0.05) is 13.0 Å². The molecule has 1 spiro atoms. The molecule has 2 heterocycles. The molecule has 2 saturated heterocycles. The molecule has 0 aromatic rings. The van der Waals surface area contributed by atoms with Crippen LogP contribution in [0, 0.1) is 10.8 Å². The maximum absolute atomic E-state index is 11.9. The molecule has 0 radical (unpaired) electrons. The third-order valence-corrected chi connectivity index (χ3v) is 7.60. The Labute approximate surface area is 179 Å². The summed E-state index contributed by atoms with van der Waals surface area (Å²) in [6.45, 7) is 7.11. The monoisotopic (exact) mass is 440 g/mol. The fourth-order valence-electron chi connectivity index (χ4n) is 5.97. The zero-order valence-corrected chi connectivity index (χ0v) is 18.2. The molecule has 172 valence electrons. The summed E-state index contributed by atoms with van der Waals surface area (Å²) in [5, 5.41) is 22.5. The lowest BCUT2D eigenvalue weighted by atomic mass is 9.50. The highest BCUT2D eigenvalue weighted by atomic mass is 16.7.